The zero-order chi connectivity index (χ0) is 24.7. The average Bonchev–Trinajstić information content (AvgIpc) is 3.03. The van der Waals surface area contributed by atoms with Crippen LogP contribution in [-0.4, -0.2) is 38.9 Å². The molecule has 176 valence electrons. The topological polar surface area (TPSA) is 91.8 Å². The minimum atomic E-state index is -0.864. The lowest BCUT2D eigenvalue weighted by atomic mass is 9.59. The molecule has 0 aromatic heterocycles. The van der Waals surface area contributed by atoms with Gasteiger partial charge in [-0.3, -0.25) is 24.1 Å². The van der Waals surface area contributed by atoms with Crippen LogP contribution in [0.25, 0.3) is 0 Å². The molecule has 0 spiro atoms. The normalized spacial score (nSPS) is 29.0. The van der Waals surface area contributed by atoms with Crippen molar-refractivity contribution in [2.24, 2.45) is 17.8 Å². The summed E-state index contributed by atoms with van der Waals surface area (Å²) < 4.78 is 14.4. The molecular formula is C27H26FNO5. The molecule has 1 saturated heterocycles. The van der Waals surface area contributed by atoms with Crippen molar-refractivity contribution in [3.05, 3.63) is 64.0 Å². The van der Waals surface area contributed by atoms with Gasteiger partial charge in [0.15, 0.2) is 23.1 Å². The third kappa shape index (κ3) is 2.99. The van der Waals surface area contributed by atoms with E-state index in [-0.39, 0.29) is 52.1 Å². The number of rotatable bonds is 1. The van der Waals surface area contributed by atoms with Crippen molar-refractivity contribution in [1.29, 1.82) is 0 Å². The van der Waals surface area contributed by atoms with Gasteiger partial charge in [0.25, 0.3) is 0 Å². The van der Waals surface area contributed by atoms with E-state index in [1.807, 2.05) is 6.08 Å². The second kappa shape index (κ2) is 7.32. The second-order valence-corrected chi connectivity index (χ2v) is 10.6. The summed E-state index contributed by atoms with van der Waals surface area (Å²) in [5.41, 5.74) is 0.971. The van der Waals surface area contributed by atoms with Crippen LogP contribution in [-0.2, 0) is 19.2 Å². The number of Topliss-reactive ketones (excluding diaryl/α,β-unsaturated/α-hetero) is 1. The van der Waals surface area contributed by atoms with Gasteiger partial charge in [0.1, 0.15) is 0 Å². The highest BCUT2D eigenvalue weighted by molar-refractivity contribution is 6.24. The number of likely N-dealkylation sites (tertiary alicyclic amines) is 1. The van der Waals surface area contributed by atoms with E-state index in [9.17, 15) is 28.7 Å². The van der Waals surface area contributed by atoms with Crippen molar-refractivity contribution in [3.63, 3.8) is 0 Å². The summed E-state index contributed by atoms with van der Waals surface area (Å²) >= 11 is 0. The number of imide groups is 1. The molecule has 0 radical (unpaired) electrons. The maximum atomic E-state index is 14.4. The van der Waals surface area contributed by atoms with E-state index in [2.05, 4.69) is 0 Å². The Balaban J connectivity index is 1.71. The number of fused-ring (bicyclic) bond motifs is 3. The van der Waals surface area contributed by atoms with Crippen molar-refractivity contribution in [3.8, 4) is 5.75 Å². The number of carbonyl (C=O) groups is 4. The first kappa shape index (κ1) is 22.4. The largest absolute Gasteiger partial charge is 0.505 e. The molecule has 34 heavy (non-hydrogen) atoms. The Hall–Kier alpha value is -3.35. The third-order valence-electron chi connectivity index (χ3n) is 7.56. The molecule has 5 rings (SSSR count). The van der Waals surface area contributed by atoms with Crippen LogP contribution < -0.4 is 0 Å². The summed E-state index contributed by atoms with van der Waals surface area (Å²) in [5.74, 6) is -5.16. The maximum absolute atomic E-state index is 14.4. The van der Waals surface area contributed by atoms with Crippen LogP contribution in [0.5, 0.6) is 5.75 Å². The van der Waals surface area contributed by atoms with Crippen LogP contribution in [0.1, 0.15) is 52.0 Å². The zero-order valence-corrected chi connectivity index (χ0v) is 19.5. The number of nitrogens with zero attached hydrogens (tertiary/aromatic N) is 1. The lowest BCUT2D eigenvalue weighted by Gasteiger charge is -2.42. The molecule has 1 aromatic carbocycles. The number of ketones is 2. The molecule has 1 aromatic rings. The van der Waals surface area contributed by atoms with E-state index in [4.69, 9.17) is 0 Å². The number of benzene rings is 1. The Kier molecular flexibility index (Phi) is 4.83. The van der Waals surface area contributed by atoms with Gasteiger partial charge in [0.2, 0.25) is 11.8 Å². The molecule has 3 aliphatic carbocycles. The van der Waals surface area contributed by atoms with E-state index < -0.39 is 40.8 Å². The predicted octanol–water partition coefficient (Wildman–Crippen LogP) is 3.76. The molecule has 6 nitrogen and oxygen atoms in total. The highest BCUT2D eigenvalue weighted by Crippen LogP contribution is 2.56. The minimum absolute atomic E-state index is 0.153. The van der Waals surface area contributed by atoms with Gasteiger partial charge >= 0.3 is 0 Å². The van der Waals surface area contributed by atoms with Crippen molar-refractivity contribution in [2.45, 2.75) is 52.0 Å². The Morgan fingerprint density at radius 3 is 2.44 bits per heavy atom. The van der Waals surface area contributed by atoms with Crippen LogP contribution in [0, 0.1) is 23.6 Å². The molecule has 4 unspecified atom stereocenters. The van der Waals surface area contributed by atoms with Gasteiger partial charge in [-0.1, -0.05) is 23.8 Å². The van der Waals surface area contributed by atoms with E-state index >= 15 is 0 Å². The molecule has 1 heterocycles. The van der Waals surface area contributed by atoms with Gasteiger partial charge in [0, 0.05) is 33.7 Å². The van der Waals surface area contributed by atoms with Crippen LogP contribution in [0.2, 0.25) is 0 Å². The number of amides is 2. The highest BCUT2D eigenvalue weighted by Gasteiger charge is 2.58. The van der Waals surface area contributed by atoms with Crippen LogP contribution in [0.4, 0.5) is 4.39 Å². The Morgan fingerprint density at radius 1 is 1.06 bits per heavy atom. The number of halogens is 1. The molecule has 4 atom stereocenters. The highest BCUT2D eigenvalue weighted by atomic mass is 19.1. The van der Waals surface area contributed by atoms with E-state index in [1.54, 1.807) is 27.7 Å². The predicted molar refractivity (Wildman–Crippen MR) is 121 cm³/mol. The van der Waals surface area contributed by atoms with Gasteiger partial charge in [-0.15, -0.1) is 0 Å². The zero-order valence-electron chi connectivity index (χ0n) is 19.5. The van der Waals surface area contributed by atoms with Gasteiger partial charge < -0.3 is 5.11 Å². The van der Waals surface area contributed by atoms with Gasteiger partial charge in [-0.25, -0.2) is 4.39 Å². The maximum Gasteiger partial charge on any atom is 0.234 e. The monoisotopic (exact) mass is 463 g/mol. The molecule has 0 saturated carbocycles. The second-order valence-electron chi connectivity index (χ2n) is 10.6. The summed E-state index contributed by atoms with van der Waals surface area (Å²) in [6.07, 6.45) is 3.61. The lowest BCUT2D eigenvalue weighted by Crippen LogP contribution is -2.46. The van der Waals surface area contributed by atoms with Gasteiger partial charge in [-0.2, -0.15) is 0 Å². The Morgan fingerprint density at radius 2 is 1.76 bits per heavy atom. The van der Waals surface area contributed by atoms with Crippen molar-refractivity contribution < 1.29 is 28.7 Å². The minimum Gasteiger partial charge on any atom is -0.505 e. The number of para-hydroxylation sites is 1. The quantitative estimate of drug-likeness (QED) is 0.389. The first-order valence-electron chi connectivity index (χ1n) is 11.5. The molecule has 4 aliphatic rings. The number of phenols is 1. The number of phenolic OH excluding ortho intramolecular Hbond substituents is 1. The average molecular weight is 464 g/mol. The summed E-state index contributed by atoms with van der Waals surface area (Å²) in [7, 11) is 0. The third-order valence-corrected chi connectivity index (χ3v) is 7.56. The fourth-order valence-corrected chi connectivity index (χ4v) is 6.14. The number of carbonyl (C=O) groups excluding carboxylic acids is 4. The summed E-state index contributed by atoms with van der Waals surface area (Å²) in [4.78, 5) is 54.4. The summed E-state index contributed by atoms with van der Waals surface area (Å²) in [6, 6.07) is 4.11. The van der Waals surface area contributed by atoms with Gasteiger partial charge in [0.05, 0.1) is 11.8 Å². The molecule has 2 amide bonds. The van der Waals surface area contributed by atoms with Crippen molar-refractivity contribution in [2.75, 3.05) is 0 Å². The first-order valence-corrected chi connectivity index (χ1v) is 11.5. The molecule has 1 N–H and O–H groups in total. The lowest BCUT2D eigenvalue weighted by molar-refractivity contribution is -0.145. The molecule has 7 heteroatoms. The van der Waals surface area contributed by atoms with Crippen LogP contribution >= 0.6 is 0 Å². The van der Waals surface area contributed by atoms with Gasteiger partial charge in [-0.05, 0) is 58.6 Å². The number of hydrogen-bond acceptors (Lipinski definition) is 5. The smallest absolute Gasteiger partial charge is 0.234 e. The van der Waals surface area contributed by atoms with Crippen molar-refractivity contribution in [1.82, 2.24) is 4.90 Å². The Labute approximate surface area is 196 Å². The fraction of sp³-hybridized carbons (Fsp3) is 0.407. The summed E-state index contributed by atoms with van der Waals surface area (Å²) in [5, 5.41) is 10.6. The molecule has 1 fully saturated rings. The number of allylic oxidation sites excluding steroid dienone is 6. The molecule has 0 bridgehead atoms. The van der Waals surface area contributed by atoms with E-state index in [0.29, 0.717) is 12.0 Å². The van der Waals surface area contributed by atoms with Crippen LogP contribution in [0.3, 0.4) is 0 Å². The number of hydrogen-bond donors (Lipinski definition) is 1. The molecular weight excluding hydrogens is 437 g/mol. The van der Waals surface area contributed by atoms with E-state index in [1.165, 1.54) is 23.1 Å². The van der Waals surface area contributed by atoms with E-state index in [0.717, 1.165) is 6.07 Å². The Bertz CT molecular complexity index is 1280. The van der Waals surface area contributed by atoms with Crippen LogP contribution in [0.15, 0.2) is 52.6 Å². The fourth-order valence-electron chi connectivity index (χ4n) is 6.14. The van der Waals surface area contributed by atoms with Crippen molar-refractivity contribution >= 4 is 23.4 Å². The summed E-state index contributed by atoms with van der Waals surface area (Å²) in [6.45, 7) is 6.98. The standard InChI is InChI=1S/C27H26FNO5/c1-12-10-19(30)17-11-16-13(8-9-15-21(16)26(34)29(25(15)33)27(2,3)4)20(22(17)23(12)31)14-6-5-7-18(28)24(14)32/h5-8,10,15-16,20-21,32H,9,11H2,1-4H3. The number of aromatic hydroxyl groups is 1. The first-order chi connectivity index (χ1) is 15.9. The molecule has 1 aliphatic heterocycles. The SMILES string of the molecule is CC1=CC(=O)C2=C(C1=O)C(c1cccc(F)c1O)C1=CCC3C(=O)N(C(C)(C)C)C(=O)C3C1C2.